The Bertz CT molecular complexity index is 1630. The van der Waals surface area contributed by atoms with E-state index in [4.69, 9.17) is 23.8 Å². The summed E-state index contributed by atoms with van der Waals surface area (Å²) in [6.07, 6.45) is 13.2. The number of hydrogen-bond acceptors (Lipinski definition) is 5. The van der Waals surface area contributed by atoms with Crippen LogP contribution < -0.4 is 11.4 Å². The molecule has 2 amide bonds. The second kappa shape index (κ2) is 13.7. The highest BCUT2D eigenvalue weighted by Crippen LogP contribution is 2.30. The number of benzene rings is 2. The molecule has 3 aliphatic rings. The highest BCUT2D eigenvalue weighted by Gasteiger charge is 2.34. The Hall–Kier alpha value is -3.74. The summed E-state index contributed by atoms with van der Waals surface area (Å²) in [6, 6.07) is 11.8. The lowest BCUT2D eigenvalue weighted by Crippen LogP contribution is -2.50. The van der Waals surface area contributed by atoms with Gasteiger partial charge in [0, 0.05) is 50.2 Å². The van der Waals surface area contributed by atoms with Crippen molar-refractivity contribution in [3.63, 3.8) is 0 Å². The van der Waals surface area contributed by atoms with Gasteiger partial charge in [-0.3, -0.25) is 14.2 Å². The van der Waals surface area contributed by atoms with Gasteiger partial charge >= 0.3 is 5.69 Å². The summed E-state index contributed by atoms with van der Waals surface area (Å²) in [7, 11) is 0. The molecule has 10 heteroatoms. The van der Waals surface area contributed by atoms with Gasteiger partial charge in [-0.05, 0) is 87.9 Å². The first-order valence-corrected chi connectivity index (χ1v) is 16.7. The number of nitrogen functional groups attached to an aromatic ring is 1. The lowest BCUT2D eigenvalue weighted by molar-refractivity contribution is -0.143. The average molecular weight is 631 g/mol. The van der Waals surface area contributed by atoms with Gasteiger partial charge in [0.25, 0.3) is 0 Å². The van der Waals surface area contributed by atoms with Crippen molar-refractivity contribution < 1.29 is 9.59 Å². The third kappa shape index (κ3) is 6.78. The number of hydrogen-bond donors (Lipinski definition) is 2. The minimum Gasteiger partial charge on any atom is -0.397 e. The number of H-pyrrole nitrogens is 1. The Morgan fingerprint density at radius 3 is 2.33 bits per heavy atom. The van der Waals surface area contributed by atoms with E-state index in [2.05, 4.69) is 15.8 Å². The number of rotatable bonds is 7. The van der Waals surface area contributed by atoms with Gasteiger partial charge in [0.15, 0.2) is 0 Å². The molecule has 3 aromatic rings. The molecule has 238 valence electrons. The van der Waals surface area contributed by atoms with Crippen LogP contribution in [-0.2, 0) is 16.0 Å². The van der Waals surface area contributed by atoms with E-state index >= 15 is 0 Å². The highest BCUT2D eigenvalue weighted by atomic mass is 35.5. The van der Waals surface area contributed by atoms with E-state index in [0.717, 1.165) is 42.5 Å². The van der Waals surface area contributed by atoms with Gasteiger partial charge in [-0.15, -0.1) is 6.42 Å². The second-order valence-electron chi connectivity index (χ2n) is 12.9. The van der Waals surface area contributed by atoms with E-state index in [1.54, 1.807) is 12.1 Å². The van der Waals surface area contributed by atoms with E-state index in [1.165, 1.54) is 19.3 Å². The Morgan fingerprint density at radius 2 is 1.62 bits per heavy atom. The molecule has 1 atom stereocenters. The molecule has 45 heavy (non-hydrogen) atoms. The summed E-state index contributed by atoms with van der Waals surface area (Å²) in [4.78, 5) is 49.9. The number of terminal acetylenes is 1. The molecule has 3 N–H and O–H groups in total. The average Bonchev–Trinajstić information content (AvgIpc) is 3.41. The first-order valence-electron chi connectivity index (χ1n) is 16.4. The first-order chi connectivity index (χ1) is 21.8. The van der Waals surface area contributed by atoms with Gasteiger partial charge in [0.2, 0.25) is 11.8 Å². The van der Waals surface area contributed by atoms with Crippen LogP contribution in [0.1, 0.15) is 68.5 Å². The summed E-state index contributed by atoms with van der Waals surface area (Å²) >= 11 is 6.41. The van der Waals surface area contributed by atoms with E-state index in [1.807, 2.05) is 38.6 Å². The number of imidazole rings is 1. The maximum atomic E-state index is 14.1. The normalized spacial score (nSPS) is 19.5. The Morgan fingerprint density at radius 1 is 0.956 bits per heavy atom. The smallest absolute Gasteiger partial charge is 0.326 e. The monoisotopic (exact) mass is 630 g/mol. The Balaban J connectivity index is 1.14. The number of aromatic amines is 1. The summed E-state index contributed by atoms with van der Waals surface area (Å²) in [5.74, 6) is 2.02. The maximum absolute atomic E-state index is 14.1. The molecular formula is C35H43ClN6O3. The fraction of sp³-hybridized carbons (Fsp3) is 0.514. The molecule has 0 bridgehead atoms. The fourth-order valence-corrected chi connectivity index (χ4v) is 7.83. The first kappa shape index (κ1) is 31.3. The van der Waals surface area contributed by atoms with Crippen molar-refractivity contribution in [3.05, 3.63) is 63.0 Å². The number of fused-ring (bicyclic) bond motifs is 1. The fourth-order valence-electron chi connectivity index (χ4n) is 7.59. The van der Waals surface area contributed by atoms with Crippen molar-refractivity contribution in [2.75, 3.05) is 45.0 Å². The lowest BCUT2D eigenvalue weighted by Gasteiger charge is -2.41. The summed E-state index contributed by atoms with van der Waals surface area (Å²) in [5, 5.41) is 0.356. The highest BCUT2D eigenvalue weighted by molar-refractivity contribution is 6.33. The molecule has 1 aromatic heterocycles. The zero-order valence-electron chi connectivity index (χ0n) is 25.8. The molecule has 2 aromatic carbocycles. The molecule has 0 aliphatic carbocycles. The number of likely N-dealkylation sites (tertiary alicyclic amines) is 3. The van der Waals surface area contributed by atoms with Crippen molar-refractivity contribution in [1.29, 1.82) is 0 Å². The van der Waals surface area contributed by atoms with Crippen LogP contribution in [0.25, 0.3) is 11.0 Å². The van der Waals surface area contributed by atoms with Crippen LogP contribution in [0.4, 0.5) is 5.69 Å². The summed E-state index contributed by atoms with van der Waals surface area (Å²) < 4.78 is 1.82. The third-order valence-electron chi connectivity index (χ3n) is 10.1. The summed E-state index contributed by atoms with van der Waals surface area (Å²) in [5.41, 5.74) is 9.29. The van der Waals surface area contributed by atoms with Crippen LogP contribution in [0, 0.1) is 18.3 Å². The maximum Gasteiger partial charge on any atom is 0.326 e. The molecule has 6 rings (SSSR count). The second-order valence-corrected chi connectivity index (χ2v) is 13.3. The number of nitrogens with one attached hydrogen (secondary N) is 1. The molecule has 0 unspecified atom stereocenters. The molecule has 9 nitrogen and oxygen atoms in total. The van der Waals surface area contributed by atoms with Crippen molar-refractivity contribution in [1.82, 2.24) is 24.3 Å². The van der Waals surface area contributed by atoms with Crippen LogP contribution in [0.15, 0.2) is 41.2 Å². The van der Waals surface area contributed by atoms with Gasteiger partial charge in [-0.2, -0.15) is 0 Å². The summed E-state index contributed by atoms with van der Waals surface area (Å²) in [6.45, 7) is 4.77. The SMILES string of the molecule is C#Cc1cc(C[C@@H](CC(=O)N2CCC(n3c(=O)[nH]c4ccccc43)CC2)C(=O)N2CCC(N3CCCCC3)CC2)cc(Cl)c1N. The van der Waals surface area contributed by atoms with E-state index in [-0.39, 0.29) is 30.0 Å². The van der Waals surface area contributed by atoms with Crippen LogP contribution in [0.5, 0.6) is 0 Å². The number of carbonyl (C=O) groups excluding carboxylic acids is 2. The molecule has 4 heterocycles. The Labute approximate surface area is 269 Å². The van der Waals surface area contributed by atoms with Crippen molar-refractivity contribution >= 4 is 40.1 Å². The molecule has 3 fully saturated rings. The molecule has 3 saturated heterocycles. The van der Waals surface area contributed by atoms with Crippen molar-refractivity contribution in [3.8, 4) is 12.3 Å². The standard InChI is InChI=1S/C35H43ClN6O3/c1-2-25-20-24(22-29(36)33(25)37)21-26(34(44)41-18-10-27(11-19-41)39-14-6-3-7-15-39)23-32(43)40-16-12-28(13-17-40)42-31-9-5-4-8-30(31)38-35(42)45/h1,4-5,8-9,20,22,26-28H,3,6-7,10-19,21,23,37H2,(H,38,45)/t26-/m0/s1. The van der Waals surface area contributed by atoms with Crippen LogP contribution in [0.2, 0.25) is 5.02 Å². The van der Waals surface area contributed by atoms with Gasteiger partial charge in [-0.25, -0.2) is 4.79 Å². The number of anilines is 1. The van der Waals surface area contributed by atoms with Crippen molar-refractivity contribution in [2.24, 2.45) is 5.92 Å². The number of carbonyl (C=O) groups is 2. The zero-order valence-corrected chi connectivity index (χ0v) is 26.6. The predicted octanol–water partition coefficient (Wildman–Crippen LogP) is 4.44. The number of nitrogens with zero attached hydrogens (tertiary/aromatic N) is 4. The Kier molecular flexibility index (Phi) is 9.53. The zero-order chi connectivity index (χ0) is 31.5. The van der Waals surface area contributed by atoms with Crippen molar-refractivity contribution in [2.45, 2.75) is 69.9 Å². The van der Waals surface area contributed by atoms with Gasteiger partial charge < -0.3 is 25.4 Å². The minimum atomic E-state index is -0.539. The number of nitrogens with two attached hydrogens (primary N) is 1. The molecular weight excluding hydrogens is 588 g/mol. The predicted molar refractivity (Wildman–Crippen MR) is 178 cm³/mol. The van der Waals surface area contributed by atoms with Gasteiger partial charge in [-0.1, -0.05) is 36.1 Å². The number of halogens is 1. The van der Waals surface area contributed by atoms with Crippen LogP contribution >= 0.6 is 11.6 Å². The number of aromatic nitrogens is 2. The quantitative estimate of drug-likeness (QED) is 0.297. The molecule has 0 spiro atoms. The van der Waals surface area contributed by atoms with Gasteiger partial charge in [0.05, 0.1) is 27.7 Å². The number of para-hydroxylation sites is 2. The molecule has 0 saturated carbocycles. The third-order valence-corrected chi connectivity index (χ3v) is 10.4. The van der Waals surface area contributed by atoms with Gasteiger partial charge in [0.1, 0.15) is 0 Å². The largest absolute Gasteiger partial charge is 0.397 e. The van der Waals surface area contributed by atoms with E-state index in [0.29, 0.717) is 67.8 Å². The van der Waals surface area contributed by atoms with Crippen LogP contribution in [-0.4, -0.2) is 81.4 Å². The van der Waals surface area contributed by atoms with E-state index < -0.39 is 5.92 Å². The number of piperidine rings is 3. The van der Waals surface area contributed by atoms with E-state index in [9.17, 15) is 14.4 Å². The minimum absolute atomic E-state index is 0.00966. The topological polar surface area (TPSA) is 108 Å². The number of amides is 2. The van der Waals surface area contributed by atoms with Crippen LogP contribution in [0.3, 0.4) is 0 Å². The lowest BCUT2D eigenvalue weighted by atomic mass is 9.91. The molecule has 0 radical (unpaired) electrons. The molecule has 3 aliphatic heterocycles.